The van der Waals surface area contributed by atoms with Gasteiger partial charge in [0.05, 0.1) is 0 Å². The molecule has 0 aromatic heterocycles. The van der Waals surface area contributed by atoms with Crippen LogP contribution in [0.25, 0.3) is 0 Å². The Balaban J connectivity index is 2.75. The van der Waals surface area contributed by atoms with Crippen LogP contribution < -0.4 is 5.32 Å². The average molecular weight is 226 g/mol. The molecule has 0 saturated heterocycles. The molecule has 0 atom stereocenters. The summed E-state index contributed by atoms with van der Waals surface area (Å²) < 4.78 is 0. The molecule has 1 aromatic carbocycles. The van der Waals surface area contributed by atoms with Crippen LogP contribution in [0.15, 0.2) is 24.3 Å². The number of rotatable bonds is 3. The van der Waals surface area contributed by atoms with Gasteiger partial charge in [-0.3, -0.25) is 4.79 Å². The Kier molecular flexibility index (Phi) is 3.75. The number of halogens is 1. The summed E-state index contributed by atoms with van der Waals surface area (Å²) in [6, 6.07) is 7.17. The van der Waals surface area contributed by atoms with Gasteiger partial charge in [-0.1, -0.05) is 38.4 Å². The Hall–Kier alpha value is -1.02. The van der Waals surface area contributed by atoms with Crippen molar-refractivity contribution >= 4 is 23.2 Å². The predicted octanol–water partition coefficient (Wildman–Crippen LogP) is 3.71. The molecule has 0 aliphatic rings. The number of carbonyl (C=O) groups excluding carboxylic acids is 1. The number of benzene rings is 1. The van der Waals surface area contributed by atoms with E-state index in [1.54, 1.807) is 12.1 Å². The fourth-order valence-electron chi connectivity index (χ4n) is 1.03. The van der Waals surface area contributed by atoms with Crippen molar-refractivity contribution in [3.8, 4) is 0 Å². The summed E-state index contributed by atoms with van der Waals surface area (Å²) in [5.74, 6) is 0.0206. The highest BCUT2D eigenvalue weighted by molar-refractivity contribution is 6.30. The molecule has 0 aliphatic heterocycles. The molecule has 1 aromatic rings. The molecule has 1 amide bonds. The topological polar surface area (TPSA) is 29.1 Å². The van der Waals surface area contributed by atoms with Crippen LogP contribution in [0.1, 0.15) is 27.2 Å². The molecule has 82 valence electrons. The Morgan fingerprint density at radius 3 is 2.67 bits per heavy atom. The predicted molar refractivity (Wildman–Crippen MR) is 64.2 cm³/mol. The molecule has 15 heavy (non-hydrogen) atoms. The number of nitrogens with one attached hydrogen (secondary N) is 1. The lowest BCUT2D eigenvalue weighted by molar-refractivity contribution is -0.124. The van der Waals surface area contributed by atoms with Gasteiger partial charge in [0.1, 0.15) is 0 Å². The van der Waals surface area contributed by atoms with Gasteiger partial charge in [-0.15, -0.1) is 0 Å². The Morgan fingerprint density at radius 2 is 2.13 bits per heavy atom. The summed E-state index contributed by atoms with van der Waals surface area (Å²) in [7, 11) is 0. The molecule has 0 unspecified atom stereocenters. The molecule has 0 spiro atoms. The van der Waals surface area contributed by atoms with Gasteiger partial charge < -0.3 is 5.32 Å². The van der Waals surface area contributed by atoms with E-state index in [9.17, 15) is 4.79 Å². The van der Waals surface area contributed by atoms with Crippen molar-refractivity contribution in [3.05, 3.63) is 29.3 Å². The number of hydrogen-bond donors (Lipinski definition) is 1. The number of amides is 1. The van der Waals surface area contributed by atoms with Crippen LogP contribution in [0.2, 0.25) is 5.02 Å². The van der Waals surface area contributed by atoms with E-state index in [4.69, 9.17) is 11.6 Å². The lowest BCUT2D eigenvalue weighted by atomic mass is 9.89. The SMILES string of the molecule is CCC(C)(C)C(=O)Nc1cccc(Cl)c1. The monoisotopic (exact) mass is 225 g/mol. The van der Waals surface area contributed by atoms with Gasteiger partial charge in [-0.05, 0) is 24.6 Å². The highest BCUT2D eigenvalue weighted by Gasteiger charge is 2.25. The van der Waals surface area contributed by atoms with E-state index in [0.29, 0.717) is 5.02 Å². The number of carbonyl (C=O) groups is 1. The first-order valence-electron chi connectivity index (χ1n) is 5.03. The van der Waals surface area contributed by atoms with E-state index in [1.807, 2.05) is 32.9 Å². The first-order chi connectivity index (χ1) is 6.95. The normalized spacial score (nSPS) is 11.2. The highest BCUT2D eigenvalue weighted by atomic mass is 35.5. The molecule has 0 fully saturated rings. The second-order valence-electron chi connectivity index (χ2n) is 4.20. The van der Waals surface area contributed by atoms with E-state index in [2.05, 4.69) is 5.32 Å². The first-order valence-corrected chi connectivity index (χ1v) is 5.40. The smallest absolute Gasteiger partial charge is 0.230 e. The average Bonchev–Trinajstić information content (AvgIpc) is 2.17. The Labute approximate surface area is 95.6 Å². The third kappa shape index (κ3) is 3.24. The van der Waals surface area contributed by atoms with Crippen LogP contribution >= 0.6 is 11.6 Å². The van der Waals surface area contributed by atoms with E-state index >= 15 is 0 Å². The van der Waals surface area contributed by atoms with Crippen LogP contribution in [-0.4, -0.2) is 5.91 Å². The third-order valence-electron chi connectivity index (χ3n) is 2.58. The standard InChI is InChI=1S/C12H16ClNO/c1-4-12(2,3)11(15)14-10-7-5-6-9(13)8-10/h5-8H,4H2,1-3H3,(H,14,15). The Bertz CT molecular complexity index is 360. The molecule has 3 heteroatoms. The maximum absolute atomic E-state index is 11.8. The molecule has 0 radical (unpaired) electrons. The molecule has 0 aliphatic carbocycles. The van der Waals surface area contributed by atoms with Crippen LogP contribution in [0.3, 0.4) is 0 Å². The quantitative estimate of drug-likeness (QED) is 0.835. The first kappa shape index (κ1) is 12.1. The molecule has 2 nitrogen and oxygen atoms in total. The molecular weight excluding hydrogens is 210 g/mol. The van der Waals surface area contributed by atoms with Crippen LogP contribution in [0, 0.1) is 5.41 Å². The van der Waals surface area contributed by atoms with Crippen LogP contribution in [-0.2, 0) is 4.79 Å². The largest absolute Gasteiger partial charge is 0.326 e. The molecule has 1 N–H and O–H groups in total. The van der Waals surface area contributed by atoms with E-state index in [-0.39, 0.29) is 11.3 Å². The molecule has 0 saturated carbocycles. The zero-order valence-electron chi connectivity index (χ0n) is 9.30. The van der Waals surface area contributed by atoms with Crippen molar-refractivity contribution in [2.75, 3.05) is 5.32 Å². The third-order valence-corrected chi connectivity index (χ3v) is 2.82. The van der Waals surface area contributed by atoms with Gasteiger partial charge in [-0.2, -0.15) is 0 Å². The summed E-state index contributed by atoms with van der Waals surface area (Å²) in [6.07, 6.45) is 0.805. The summed E-state index contributed by atoms with van der Waals surface area (Å²) in [5, 5.41) is 3.48. The van der Waals surface area contributed by atoms with Crippen molar-refractivity contribution in [1.29, 1.82) is 0 Å². The maximum Gasteiger partial charge on any atom is 0.230 e. The fourth-order valence-corrected chi connectivity index (χ4v) is 1.22. The minimum Gasteiger partial charge on any atom is -0.326 e. The zero-order valence-corrected chi connectivity index (χ0v) is 10.1. The molecule has 0 bridgehead atoms. The van der Waals surface area contributed by atoms with Crippen molar-refractivity contribution in [3.63, 3.8) is 0 Å². The summed E-state index contributed by atoms with van der Waals surface area (Å²) in [6.45, 7) is 5.84. The minimum atomic E-state index is -0.345. The van der Waals surface area contributed by atoms with Crippen molar-refractivity contribution < 1.29 is 4.79 Å². The van der Waals surface area contributed by atoms with Gasteiger partial charge >= 0.3 is 0 Å². The van der Waals surface area contributed by atoms with Crippen molar-refractivity contribution in [2.24, 2.45) is 5.41 Å². The van der Waals surface area contributed by atoms with Crippen molar-refractivity contribution in [2.45, 2.75) is 27.2 Å². The highest BCUT2D eigenvalue weighted by Crippen LogP contribution is 2.23. The summed E-state index contributed by atoms with van der Waals surface area (Å²) in [5.41, 5.74) is 0.400. The van der Waals surface area contributed by atoms with Gasteiger partial charge in [0, 0.05) is 16.1 Å². The van der Waals surface area contributed by atoms with Gasteiger partial charge in [0.25, 0.3) is 0 Å². The van der Waals surface area contributed by atoms with E-state index in [0.717, 1.165) is 12.1 Å². The Morgan fingerprint density at radius 1 is 1.47 bits per heavy atom. The lowest BCUT2D eigenvalue weighted by Gasteiger charge is -2.21. The molecule has 0 heterocycles. The van der Waals surface area contributed by atoms with Gasteiger partial charge in [-0.25, -0.2) is 0 Å². The zero-order chi connectivity index (χ0) is 11.5. The number of anilines is 1. The second kappa shape index (κ2) is 4.67. The maximum atomic E-state index is 11.8. The summed E-state index contributed by atoms with van der Waals surface area (Å²) in [4.78, 5) is 11.8. The van der Waals surface area contributed by atoms with Crippen LogP contribution in [0.4, 0.5) is 5.69 Å². The van der Waals surface area contributed by atoms with E-state index in [1.165, 1.54) is 0 Å². The molecule has 1 rings (SSSR count). The molecular formula is C12H16ClNO. The van der Waals surface area contributed by atoms with E-state index < -0.39 is 0 Å². The van der Waals surface area contributed by atoms with Gasteiger partial charge in [0.2, 0.25) is 5.91 Å². The summed E-state index contributed by atoms with van der Waals surface area (Å²) >= 11 is 5.83. The van der Waals surface area contributed by atoms with Gasteiger partial charge in [0.15, 0.2) is 0 Å². The van der Waals surface area contributed by atoms with Crippen LogP contribution in [0.5, 0.6) is 0 Å². The lowest BCUT2D eigenvalue weighted by Crippen LogP contribution is -2.29. The second-order valence-corrected chi connectivity index (χ2v) is 4.64. The fraction of sp³-hybridized carbons (Fsp3) is 0.417. The van der Waals surface area contributed by atoms with Crippen molar-refractivity contribution in [1.82, 2.24) is 0 Å². The minimum absolute atomic E-state index is 0.0206. The number of hydrogen-bond acceptors (Lipinski definition) is 1.